The van der Waals surface area contributed by atoms with E-state index in [4.69, 9.17) is 58.3 Å². The van der Waals surface area contributed by atoms with E-state index in [0.29, 0.717) is 5.92 Å². The first-order valence-electron chi connectivity index (χ1n) is 48.7. The molecule has 0 radical (unpaired) electrons. The van der Waals surface area contributed by atoms with E-state index in [-0.39, 0.29) is 99.6 Å². The molecule has 15 heterocycles. The van der Waals surface area contributed by atoms with Gasteiger partial charge < -0.3 is 42.1 Å². The molecule has 24 aromatic rings. The minimum absolute atomic E-state index is 0. The van der Waals surface area contributed by atoms with Crippen LogP contribution >= 0.6 is 34.0 Å². The van der Waals surface area contributed by atoms with Crippen LogP contribution in [0.25, 0.3) is 145 Å². The van der Waals surface area contributed by atoms with Crippen molar-refractivity contribution in [2.24, 2.45) is 0 Å². The number of rotatable bonds is 7. The Morgan fingerprint density at radius 2 is 0.592 bits per heavy atom. The SMILES string of the molecule is CC(C)(C)c1ccnc(-n2c3[c-]c4c(cc3c3ccccc32)Oc2cc(C(C)(C)C)cc3c2B4c2[c-]c(-c4nc5ccccc5s4)ccc2O3)c1.CC(C)(C)c1ccnc(-n2c3[c-]c4c(cc3c3ccccc32)Oc2cccc3c2B4c2[c-]c(-c4nc5ccccc5s4)ccc2O3)c1.CC(C)c1cc2c3c(c1)Oc1cc4c5ccccc5n(-c5ccccn5)c4[c-]c1B3c1[c-]c(-c3nc4ccccc4s3)ccc1O2.[Pt+2].[Pt+2].[Pt+2]. The number of fused-ring (bicyclic) bond motifs is 24. The van der Waals surface area contributed by atoms with Gasteiger partial charge in [-0.05, 0) is 188 Å². The quantitative estimate of drug-likeness (QED) is 0.110. The molecule has 30 rings (SSSR count). The average molecular weight is 2500 g/mol. The van der Waals surface area contributed by atoms with Crippen LogP contribution in [-0.4, -0.2) is 63.7 Å². The minimum Gasteiger partial charge on any atom is -0.518 e. The van der Waals surface area contributed by atoms with Gasteiger partial charge in [0.15, 0.2) is 0 Å². The molecule has 0 N–H and O–H groups in total. The monoisotopic (exact) mass is 2500 g/mol. The van der Waals surface area contributed by atoms with Crippen molar-refractivity contribution in [1.29, 1.82) is 0 Å². The molecule has 0 fully saturated rings. The number of hydrogen-bond donors (Lipinski definition) is 0. The predicted molar refractivity (Wildman–Crippen MR) is 588 cm³/mol. The van der Waals surface area contributed by atoms with Gasteiger partial charge in [0.25, 0.3) is 0 Å². The molecule has 0 aliphatic carbocycles. The van der Waals surface area contributed by atoms with Gasteiger partial charge in [-0.15, -0.1) is 122 Å². The Labute approximate surface area is 905 Å². The summed E-state index contributed by atoms with van der Waals surface area (Å²) < 4.78 is 50.4. The molecule has 15 nitrogen and oxygen atoms in total. The fourth-order valence-electron chi connectivity index (χ4n) is 21.5. The molecular weight excluding hydrogens is 2410 g/mol. The third-order valence-corrected chi connectivity index (χ3v) is 32.0. The molecule has 15 aromatic carbocycles. The van der Waals surface area contributed by atoms with E-state index in [1.54, 1.807) is 34.0 Å². The van der Waals surface area contributed by atoms with Gasteiger partial charge in [0, 0.05) is 115 Å². The second-order valence-electron chi connectivity index (χ2n) is 41.2. The normalized spacial score (nSPS) is 13.0. The number of hydrogen-bond acceptors (Lipinski definition) is 15. The first-order chi connectivity index (χ1) is 70.0. The summed E-state index contributed by atoms with van der Waals surface area (Å²) in [5, 5.41) is 9.41. The second-order valence-corrected chi connectivity index (χ2v) is 44.3. The van der Waals surface area contributed by atoms with E-state index in [9.17, 15) is 0 Å². The van der Waals surface area contributed by atoms with Crippen LogP contribution in [0.3, 0.4) is 0 Å². The van der Waals surface area contributed by atoms with Crippen LogP contribution < -0.4 is 77.6 Å². The van der Waals surface area contributed by atoms with Crippen molar-refractivity contribution in [2.45, 2.75) is 98.3 Å². The minimum atomic E-state index is -0.212. The van der Waals surface area contributed by atoms with Crippen LogP contribution in [0.5, 0.6) is 69.0 Å². The van der Waals surface area contributed by atoms with Crippen LogP contribution in [0, 0.1) is 36.4 Å². The molecule has 0 amide bonds. The van der Waals surface area contributed by atoms with E-state index in [0.717, 1.165) is 269 Å². The summed E-state index contributed by atoms with van der Waals surface area (Å²) in [7, 11) is 0. The van der Waals surface area contributed by atoms with Gasteiger partial charge in [0.05, 0.1) is 16.6 Å². The number of pyridine rings is 3. The van der Waals surface area contributed by atoms with Gasteiger partial charge in [0.2, 0.25) is 20.1 Å². The summed E-state index contributed by atoms with van der Waals surface area (Å²) in [5.41, 5.74) is 25.3. The maximum atomic E-state index is 6.91. The second kappa shape index (κ2) is 35.6. The summed E-state index contributed by atoms with van der Waals surface area (Å²) in [6, 6.07) is 122. The molecule has 6 aliphatic heterocycles. The molecule has 6 aliphatic rings. The molecule has 24 heteroatoms. The first kappa shape index (κ1) is 93.9. The molecule has 0 saturated heterocycles. The fraction of sp³-hybridized carbons (Fsp3) is 0.122. The van der Waals surface area contributed by atoms with Gasteiger partial charge in [0.1, 0.15) is 52.0 Å². The van der Waals surface area contributed by atoms with Crippen LogP contribution in [-0.2, 0) is 79.4 Å². The number of para-hydroxylation sites is 6. The van der Waals surface area contributed by atoms with Crippen molar-refractivity contribution in [1.82, 2.24) is 43.6 Å². The molecule has 0 atom stereocenters. The van der Waals surface area contributed by atoms with Gasteiger partial charge >= 0.3 is 63.2 Å². The number of aromatic nitrogens is 9. The van der Waals surface area contributed by atoms with E-state index in [2.05, 4.69) is 357 Å². The summed E-state index contributed by atoms with van der Waals surface area (Å²) in [6.45, 7) is 23.9. The summed E-state index contributed by atoms with van der Waals surface area (Å²) in [5.74, 6) is 12.5. The van der Waals surface area contributed by atoms with E-state index < -0.39 is 0 Å². The van der Waals surface area contributed by atoms with Crippen molar-refractivity contribution in [3.8, 4) is 118 Å². The van der Waals surface area contributed by atoms with Crippen molar-refractivity contribution in [3.05, 3.63) is 362 Å². The van der Waals surface area contributed by atoms with Gasteiger partial charge in [-0.3, -0.25) is 15.0 Å². The van der Waals surface area contributed by atoms with Crippen molar-refractivity contribution in [3.63, 3.8) is 0 Å². The Hall–Kier alpha value is -14.1. The average Bonchev–Trinajstić information content (AvgIpc) is 1.68. The van der Waals surface area contributed by atoms with Gasteiger partial charge in [-0.25, -0.2) is 15.0 Å². The fourth-order valence-corrected chi connectivity index (χ4v) is 24.4. The largest absolute Gasteiger partial charge is 2.00 e. The van der Waals surface area contributed by atoms with Crippen LogP contribution in [0.4, 0.5) is 0 Å². The third-order valence-electron chi connectivity index (χ3n) is 28.8. The van der Waals surface area contributed by atoms with Gasteiger partial charge in [-0.1, -0.05) is 212 Å². The van der Waals surface area contributed by atoms with Crippen LogP contribution in [0.1, 0.15) is 104 Å². The van der Waals surface area contributed by atoms with Crippen LogP contribution in [0.2, 0.25) is 0 Å². The topological polar surface area (TPSA) is 148 Å². The predicted octanol–water partition coefficient (Wildman–Crippen LogP) is 25.4. The van der Waals surface area contributed by atoms with E-state index >= 15 is 0 Å². The smallest absolute Gasteiger partial charge is 0.518 e. The van der Waals surface area contributed by atoms with Gasteiger partial charge in [-0.2, -0.15) is 52.2 Å². The Kier molecular flexibility index (Phi) is 22.7. The zero-order valence-electron chi connectivity index (χ0n) is 81.3. The number of nitrogens with zero attached hydrogens (tertiary/aromatic N) is 9. The Morgan fingerprint density at radius 1 is 0.272 bits per heavy atom. The summed E-state index contributed by atoms with van der Waals surface area (Å²) in [4.78, 5) is 29.4. The zero-order valence-corrected chi connectivity index (χ0v) is 90.6. The maximum absolute atomic E-state index is 6.91. The zero-order chi connectivity index (χ0) is 96.8. The molecule has 0 saturated carbocycles. The molecule has 0 spiro atoms. The Balaban J connectivity index is 0.000000114. The summed E-state index contributed by atoms with van der Waals surface area (Å²) in [6.07, 6.45) is 5.66. The Morgan fingerprint density at radius 3 is 0.959 bits per heavy atom. The molecule has 0 unspecified atom stereocenters. The molecule has 9 aromatic heterocycles. The summed E-state index contributed by atoms with van der Waals surface area (Å²) >= 11 is 5.04. The number of thiazole rings is 3. The van der Waals surface area contributed by atoms with Crippen molar-refractivity contribution < 1.29 is 91.6 Å². The third kappa shape index (κ3) is 15.5. The molecule has 714 valence electrons. The van der Waals surface area contributed by atoms with Crippen molar-refractivity contribution >= 4 is 199 Å². The van der Waals surface area contributed by atoms with Crippen LogP contribution in [0.15, 0.2) is 304 Å². The molecule has 147 heavy (non-hydrogen) atoms. The molecule has 0 bridgehead atoms. The molecular formula is C123H84B3N9O6Pt3S3. The standard InChI is InChI=1S/C44H34BN3O2S.C40H26BN3O2S.C39H24BN3O2S.3Pt/c1-43(2,3)26-17-18-46-40(22-26)48-33-13-9-7-11-28(33)29-23-36-31(24-34(29)48)45-30-19-25(42-47-32-12-8-10-14-39(32)51-42)15-16-35(30)49-37-20-27(44(4,5)6)21-38(50-36)41(37)45;1-40(2,3)24-17-18-42-37(20-24)44-30-11-6-4-9-25(30)26-21-35-28(22-31(26)44)41-27-19-23(39-43-29-10-5-7-14-36(29)47-39)15-16-32(27)45-33-12-8-13-34(46-35)38(33)41;1-22(2)24-18-34-38-35(19-24)45-33-20-26-25-9-3-5-11-30(25)43(37-13-7-8-16-41-37)31(26)21-28(33)40(38)27-17-23(14-15-32(27)44-34)39-42-29-10-4-6-12-36(29)46-39;;;/h7-18,20-23H,1-6H3;4-18,20-21H,1-3H3;3-16,18-20,22H,1-2H3;;;/q3*-2;3*+2. The maximum Gasteiger partial charge on any atom is 2.00 e. The Bertz CT molecular complexity index is 9530. The number of ether oxygens (including phenoxy) is 6. The van der Waals surface area contributed by atoms with Crippen molar-refractivity contribution in [2.75, 3.05) is 0 Å². The van der Waals surface area contributed by atoms with E-state index in [1.165, 1.54) is 16.7 Å². The number of benzene rings is 15. The van der Waals surface area contributed by atoms with E-state index in [1.807, 2.05) is 73.2 Å². The first-order valence-corrected chi connectivity index (χ1v) is 51.1.